The smallest absolute Gasteiger partial charge is 0.228 e. The number of nitrogens with one attached hydrogen (secondary N) is 3. The van der Waals surface area contributed by atoms with Crippen LogP contribution in [0, 0.1) is 5.92 Å². The Hall–Kier alpha value is -2.82. The van der Waals surface area contributed by atoms with Crippen LogP contribution < -0.4 is 10.6 Å². The van der Waals surface area contributed by atoms with Gasteiger partial charge in [0.05, 0.1) is 5.52 Å². The second kappa shape index (κ2) is 6.35. The number of para-hydroxylation sites is 1. The first-order valence-electron chi connectivity index (χ1n) is 8.41. The number of H-pyrrole nitrogens is 1. The van der Waals surface area contributed by atoms with Crippen LogP contribution in [0.25, 0.3) is 10.9 Å². The van der Waals surface area contributed by atoms with Crippen LogP contribution in [0.1, 0.15) is 25.7 Å². The number of rotatable bonds is 4. The summed E-state index contributed by atoms with van der Waals surface area (Å²) in [5, 5.41) is 14.5. The van der Waals surface area contributed by atoms with E-state index in [0.29, 0.717) is 5.82 Å². The Balaban J connectivity index is 1.53. The predicted octanol–water partition coefficient (Wildman–Crippen LogP) is 4.44. The minimum Gasteiger partial charge on any atom is -0.355 e. The van der Waals surface area contributed by atoms with Crippen LogP contribution in [0.15, 0.2) is 48.5 Å². The molecule has 0 unspecified atom stereocenters. The van der Waals surface area contributed by atoms with Crippen molar-refractivity contribution < 1.29 is 4.79 Å². The predicted molar refractivity (Wildman–Crippen MR) is 96.4 cm³/mol. The quantitative estimate of drug-likeness (QED) is 0.666. The van der Waals surface area contributed by atoms with Crippen LogP contribution >= 0.6 is 0 Å². The van der Waals surface area contributed by atoms with Crippen molar-refractivity contribution in [1.29, 1.82) is 0 Å². The number of fused-ring (bicyclic) bond motifs is 1. The summed E-state index contributed by atoms with van der Waals surface area (Å²) in [6.07, 6.45) is 4.26. The summed E-state index contributed by atoms with van der Waals surface area (Å²) in [5.74, 6) is 0.844. The van der Waals surface area contributed by atoms with E-state index in [9.17, 15) is 4.79 Å². The molecule has 0 saturated heterocycles. The molecular weight excluding hydrogens is 300 g/mol. The van der Waals surface area contributed by atoms with E-state index in [1.54, 1.807) is 0 Å². The monoisotopic (exact) mass is 320 g/mol. The van der Waals surface area contributed by atoms with Gasteiger partial charge in [0.25, 0.3) is 0 Å². The fourth-order valence-corrected chi connectivity index (χ4v) is 3.29. The van der Waals surface area contributed by atoms with E-state index >= 15 is 0 Å². The van der Waals surface area contributed by atoms with E-state index in [-0.39, 0.29) is 11.8 Å². The first kappa shape index (κ1) is 14.8. The van der Waals surface area contributed by atoms with Gasteiger partial charge in [-0.3, -0.25) is 9.89 Å². The lowest BCUT2D eigenvalue weighted by Crippen LogP contribution is -2.20. The lowest BCUT2D eigenvalue weighted by Gasteiger charge is -2.09. The van der Waals surface area contributed by atoms with Crippen molar-refractivity contribution in [2.45, 2.75) is 25.7 Å². The summed E-state index contributed by atoms with van der Waals surface area (Å²) in [4.78, 5) is 12.3. The van der Waals surface area contributed by atoms with Gasteiger partial charge in [0.1, 0.15) is 0 Å². The van der Waals surface area contributed by atoms with E-state index in [1.807, 2.05) is 48.5 Å². The molecule has 0 aliphatic heterocycles. The van der Waals surface area contributed by atoms with Crippen LogP contribution in [0.2, 0.25) is 0 Å². The average molecular weight is 320 g/mol. The van der Waals surface area contributed by atoms with Gasteiger partial charge in [-0.2, -0.15) is 5.10 Å². The molecule has 0 bridgehead atoms. The van der Waals surface area contributed by atoms with E-state index in [4.69, 9.17) is 0 Å². The van der Waals surface area contributed by atoms with E-state index in [0.717, 1.165) is 48.0 Å². The highest BCUT2D eigenvalue weighted by Crippen LogP contribution is 2.29. The van der Waals surface area contributed by atoms with Gasteiger partial charge < -0.3 is 10.6 Å². The maximum Gasteiger partial charge on any atom is 0.228 e. The van der Waals surface area contributed by atoms with Crippen LogP contribution in [-0.4, -0.2) is 16.1 Å². The van der Waals surface area contributed by atoms with Gasteiger partial charge in [0.2, 0.25) is 5.91 Å². The summed E-state index contributed by atoms with van der Waals surface area (Å²) < 4.78 is 0. The molecule has 1 aliphatic carbocycles. The van der Waals surface area contributed by atoms with Crippen molar-refractivity contribution in [2.75, 3.05) is 10.6 Å². The van der Waals surface area contributed by atoms with Crippen LogP contribution in [0.5, 0.6) is 0 Å². The molecule has 3 aromatic rings. The van der Waals surface area contributed by atoms with Gasteiger partial charge in [0.15, 0.2) is 5.82 Å². The number of hydrogen-bond donors (Lipinski definition) is 3. The minimum absolute atomic E-state index is 0.0902. The Morgan fingerprint density at radius 2 is 1.83 bits per heavy atom. The molecule has 1 aromatic heterocycles. The number of aromatic nitrogens is 2. The number of hydrogen-bond acceptors (Lipinski definition) is 3. The SMILES string of the molecule is O=C(Nc1n[nH]c2cc(Nc3ccccc3)ccc12)C1CCCC1. The van der Waals surface area contributed by atoms with Gasteiger partial charge in [-0.05, 0) is 43.2 Å². The van der Waals surface area contributed by atoms with E-state index in [1.165, 1.54) is 0 Å². The largest absolute Gasteiger partial charge is 0.355 e. The highest BCUT2D eigenvalue weighted by Gasteiger charge is 2.23. The first-order chi connectivity index (χ1) is 11.8. The summed E-state index contributed by atoms with van der Waals surface area (Å²) >= 11 is 0. The van der Waals surface area contributed by atoms with Gasteiger partial charge in [0, 0.05) is 22.7 Å². The molecule has 3 N–H and O–H groups in total. The fraction of sp³-hybridized carbons (Fsp3) is 0.263. The Kier molecular flexibility index (Phi) is 3.91. The minimum atomic E-state index is 0.0902. The number of anilines is 3. The molecule has 1 fully saturated rings. The molecule has 2 aromatic carbocycles. The van der Waals surface area contributed by atoms with Gasteiger partial charge >= 0.3 is 0 Å². The topological polar surface area (TPSA) is 69.8 Å². The van der Waals surface area contributed by atoms with E-state index in [2.05, 4.69) is 20.8 Å². The number of carbonyl (C=O) groups excluding carboxylic acids is 1. The van der Waals surface area contributed by atoms with Gasteiger partial charge in [-0.25, -0.2) is 0 Å². The molecule has 1 aliphatic rings. The van der Waals surface area contributed by atoms with Crippen molar-refractivity contribution in [2.24, 2.45) is 5.92 Å². The van der Waals surface area contributed by atoms with Crippen molar-refractivity contribution in [3.8, 4) is 0 Å². The zero-order valence-electron chi connectivity index (χ0n) is 13.4. The molecule has 0 spiro atoms. The van der Waals surface area contributed by atoms with Crippen molar-refractivity contribution >= 4 is 34.0 Å². The van der Waals surface area contributed by atoms with Crippen molar-refractivity contribution in [3.05, 3.63) is 48.5 Å². The molecule has 0 radical (unpaired) electrons. The van der Waals surface area contributed by atoms with Crippen molar-refractivity contribution in [1.82, 2.24) is 10.2 Å². The van der Waals surface area contributed by atoms with Crippen LogP contribution in [0.3, 0.4) is 0 Å². The second-order valence-corrected chi connectivity index (χ2v) is 6.29. The number of aromatic amines is 1. The Labute approximate surface area is 140 Å². The average Bonchev–Trinajstić information content (AvgIpc) is 3.26. The van der Waals surface area contributed by atoms with E-state index < -0.39 is 0 Å². The van der Waals surface area contributed by atoms with Gasteiger partial charge in [-0.1, -0.05) is 31.0 Å². The third kappa shape index (κ3) is 2.97. The number of amides is 1. The third-order valence-electron chi connectivity index (χ3n) is 4.59. The second-order valence-electron chi connectivity index (χ2n) is 6.29. The molecular formula is C19H20N4O. The van der Waals surface area contributed by atoms with Gasteiger partial charge in [-0.15, -0.1) is 0 Å². The molecule has 5 heteroatoms. The normalized spacial score (nSPS) is 14.8. The first-order valence-corrected chi connectivity index (χ1v) is 8.41. The summed E-state index contributed by atoms with van der Waals surface area (Å²) in [5.41, 5.74) is 2.91. The molecule has 4 rings (SSSR count). The summed E-state index contributed by atoms with van der Waals surface area (Å²) in [6.45, 7) is 0. The molecule has 0 atom stereocenters. The fourth-order valence-electron chi connectivity index (χ4n) is 3.29. The highest BCUT2D eigenvalue weighted by atomic mass is 16.2. The highest BCUT2D eigenvalue weighted by molar-refractivity contribution is 6.01. The molecule has 1 saturated carbocycles. The summed E-state index contributed by atoms with van der Waals surface area (Å²) in [7, 11) is 0. The number of benzene rings is 2. The molecule has 1 heterocycles. The molecule has 24 heavy (non-hydrogen) atoms. The lowest BCUT2D eigenvalue weighted by atomic mass is 10.1. The Morgan fingerprint density at radius 3 is 2.62 bits per heavy atom. The third-order valence-corrected chi connectivity index (χ3v) is 4.59. The number of nitrogens with zero attached hydrogens (tertiary/aromatic N) is 1. The lowest BCUT2D eigenvalue weighted by molar-refractivity contribution is -0.119. The van der Waals surface area contributed by atoms with Crippen LogP contribution in [-0.2, 0) is 4.79 Å². The molecule has 122 valence electrons. The zero-order chi connectivity index (χ0) is 16.4. The van der Waals surface area contributed by atoms with Crippen molar-refractivity contribution in [3.63, 3.8) is 0 Å². The Morgan fingerprint density at radius 1 is 1.04 bits per heavy atom. The maximum absolute atomic E-state index is 12.3. The standard InChI is InChI=1S/C19H20N4O/c24-19(13-6-4-5-7-13)21-18-16-11-10-15(12-17(16)22-23-18)20-14-8-2-1-3-9-14/h1-3,8-13,20H,4-7H2,(H2,21,22,23,24). The Bertz CT molecular complexity index is 850. The van der Waals surface area contributed by atoms with Crippen LogP contribution in [0.4, 0.5) is 17.2 Å². The maximum atomic E-state index is 12.3. The number of carbonyl (C=O) groups is 1. The zero-order valence-corrected chi connectivity index (χ0v) is 13.4. The molecule has 5 nitrogen and oxygen atoms in total. The molecule has 1 amide bonds. The summed E-state index contributed by atoms with van der Waals surface area (Å²) in [6, 6.07) is 16.0.